The number of rotatable bonds is 3. The molecule has 1 aliphatic rings. The van der Waals surface area contributed by atoms with E-state index in [1.807, 2.05) is 6.92 Å². The molecule has 1 aliphatic heterocycles. The van der Waals surface area contributed by atoms with Crippen LogP contribution in [0.15, 0.2) is 29.2 Å². The number of sulfonamides is 1. The lowest BCUT2D eigenvalue weighted by atomic mass is 9.97. The monoisotopic (exact) mass is 272 g/mol. The minimum absolute atomic E-state index is 0.143. The van der Waals surface area contributed by atoms with E-state index in [0.29, 0.717) is 0 Å². The Hall–Kier alpha value is -0.980. The van der Waals surface area contributed by atoms with Crippen LogP contribution in [0.3, 0.4) is 0 Å². The molecule has 4 nitrogen and oxygen atoms in total. The predicted octanol–water partition coefficient (Wildman–Crippen LogP) is 1.10. The lowest BCUT2D eigenvalue weighted by Crippen LogP contribution is -2.48. The van der Waals surface area contributed by atoms with Crippen molar-refractivity contribution < 1.29 is 12.8 Å². The average Bonchev–Trinajstić information content (AvgIpc) is 2.32. The highest BCUT2D eigenvalue weighted by Gasteiger charge is 2.27. The summed E-state index contributed by atoms with van der Waals surface area (Å²) in [5.41, 5.74) is 0. The van der Waals surface area contributed by atoms with Crippen molar-refractivity contribution in [2.45, 2.75) is 24.3 Å². The van der Waals surface area contributed by atoms with Crippen LogP contribution in [0, 0.1) is 11.7 Å². The molecule has 2 rings (SSSR count). The van der Waals surface area contributed by atoms with Crippen molar-refractivity contribution in [1.29, 1.82) is 0 Å². The molecule has 6 heteroatoms. The molecule has 2 atom stereocenters. The summed E-state index contributed by atoms with van der Waals surface area (Å²) >= 11 is 0. The maximum atomic E-state index is 13.5. The topological polar surface area (TPSA) is 58.2 Å². The number of hydrogen-bond donors (Lipinski definition) is 2. The van der Waals surface area contributed by atoms with Crippen molar-refractivity contribution in [3.63, 3.8) is 0 Å². The molecule has 1 aromatic carbocycles. The minimum atomic E-state index is -3.78. The Kier molecular flexibility index (Phi) is 3.99. The molecule has 0 unspecified atom stereocenters. The summed E-state index contributed by atoms with van der Waals surface area (Å²) in [6, 6.07) is 5.28. The number of nitrogens with one attached hydrogen (secondary N) is 2. The molecule has 0 aliphatic carbocycles. The van der Waals surface area contributed by atoms with Gasteiger partial charge in [-0.3, -0.25) is 0 Å². The number of benzene rings is 1. The van der Waals surface area contributed by atoms with Crippen molar-refractivity contribution in [3.8, 4) is 0 Å². The highest BCUT2D eigenvalue weighted by atomic mass is 32.2. The second kappa shape index (κ2) is 5.34. The zero-order valence-corrected chi connectivity index (χ0v) is 11.0. The van der Waals surface area contributed by atoms with E-state index < -0.39 is 15.8 Å². The molecule has 2 N–H and O–H groups in total. The summed E-state index contributed by atoms with van der Waals surface area (Å²) in [6.45, 7) is 3.51. The van der Waals surface area contributed by atoms with E-state index in [2.05, 4.69) is 10.0 Å². The Labute approximate surface area is 107 Å². The second-order valence-corrected chi connectivity index (χ2v) is 6.31. The third-order valence-electron chi connectivity index (χ3n) is 3.22. The maximum Gasteiger partial charge on any atom is 0.243 e. The van der Waals surface area contributed by atoms with Crippen LogP contribution in [0.1, 0.15) is 13.3 Å². The van der Waals surface area contributed by atoms with Crippen LogP contribution in [0.2, 0.25) is 0 Å². The van der Waals surface area contributed by atoms with E-state index in [1.54, 1.807) is 0 Å². The summed E-state index contributed by atoms with van der Waals surface area (Å²) in [5, 5.41) is 3.19. The van der Waals surface area contributed by atoms with Gasteiger partial charge in [-0.2, -0.15) is 0 Å². The van der Waals surface area contributed by atoms with Gasteiger partial charge < -0.3 is 5.32 Å². The molecule has 0 spiro atoms. The van der Waals surface area contributed by atoms with Crippen LogP contribution >= 0.6 is 0 Å². The molecule has 0 saturated carbocycles. The van der Waals surface area contributed by atoms with Crippen molar-refractivity contribution >= 4 is 10.0 Å². The fourth-order valence-electron chi connectivity index (χ4n) is 2.11. The molecule has 0 bridgehead atoms. The average molecular weight is 272 g/mol. The predicted molar refractivity (Wildman–Crippen MR) is 67.2 cm³/mol. The van der Waals surface area contributed by atoms with Gasteiger partial charge in [0, 0.05) is 6.04 Å². The van der Waals surface area contributed by atoms with Gasteiger partial charge in [-0.25, -0.2) is 17.5 Å². The zero-order chi connectivity index (χ0) is 13.2. The van der Waals surface area contributed by atoms with Crippen LogP contribution in [-0.4, -0.2) is 27.5 Å². The molecular weight excluding hydrogens is 255 g/mol. The van der Waals surface area contributed by atoms with Gasteiger partial charge >= 0.3 is 0 Å². The van der Waals surface area contributed by atoms with E-state index >= 15 is 0 Å². The van der Waals surface area contributed by atoms with Crippen molar-refractivity contribution in [3.05, 3.63) is 30.1 Å². The number of piperidine rings is 1. The Morgan fingerprint density at radius 2 is 2.11 bits per heavy atom. The van der Waals surface area contributed by atoms with E-state index in [1.165, 1.54) is 18.2 Å². The molecule has 0 amide bonds. The van der Waals surface area contributed by atoms with Crippen LogP contribution in [-0.2, 0) is 10.0 Å². The molecule has 1 fully saturated rings. The summed E-state index contributed by atoms with van der Waals surface area (Å²) in [4.78, 5) is -0.282. The van der Waals surface area contributed by atoms with Gasteiger partial charge in [-0.15, -0.1) is 0 Å². The third-order valence-corrected chi connectivity index (χ3v) is 4.74. The Balaban J connectivity index is 2.19. The number of hydrogen-bond acceptors (Lipinski definition) is 3. The van der Waals surface area contributed by atoms with Gasteiger partial charge in [-0.1, -0.05) is 19.1 Å². The van der Waals surface area contributed by atoms with E-state index in [4.69, 9.17) is 0 Å². The standard InChI is InChI=1S/C12H17FN2O2S/c1-9-8-14-7-6-11(9)15-18(16,17)12-5-3-2-4-10(12)13/h2-5,9,11,14-15H,6-8H2,1H3/t9-,11-/m1/s1. The molecule has 1 saturated heterocycles. The molecule has 1 heterocycles. The fourth-order valence-corrected chi connectivity index (χ4v) is 3.57. The summed E-state index contributed by atoms with van der Waals surface area (Å²) in [6.07, 6.45) is 0.717. The molecule has 0 radical (unpaired) electrons. The minimum Gasteiger partial charge on any atom is -0.316 e. The quantitative estimate of drug-likeness (QED) is 0.866. The molecular formula is C12H17FN2O2S. The highest BCUT2D eigenvalue weighted by Crippen LogP contribution is 2.17. The normalized spacial score (nSPS) is 25.0. The Morgan fingerprint density at radius 3 is 2.78 bits per heavy atom. The SMILES string of the molecule is C[C@@H]1CNCC[C@H]1NS(=O)(=O)c1ccccc1F. The van der Waals surface area contributed by atoms with Gasteiger partial charge in [0.05, 0.1) is 0 Å². The van der Waals surface area contributed by atoms with Gasteiger partial charge in [-0.05, 0) is 37.6 Å². The van der Waals surface area contributed by atoms with E-state index in [-0.39, 0.29) is 16.9 Å². The first-order valence-corrected chi connectivity index (χ1v) is 7.46. The zero-order valence-electron chi connectivity index (χ0n) is 10.2. The lowest BCUT2D eigenvalue weighted by molar-refractivity contribution is 0.327. The van der Waals surface area contributed by atoms with E-state index in [9.17, 15) is 12.8 Å². The van der Waals surface area contributed by atoms with Gasteiger partial charge in [0.1, 0.15) is 10.7 Å². The second-order valence-electron chi connectivity index (χ2n) is 4.63. The number of halogens is 1. The molecule has 0 aromatic heterocycles. The maximum absolute atomic E-state index is 13.5. The van der Waals surface area contributed by atoms with Crippen LogP contribution in [0.4, 0.5) is 4.39 Å². The largest absolute Gasteiger partial charge is 0.316 e. The Bertz CT molecular complexity index is 519. The Morgan fingerprint density at radius 1 is 1.39 bits per heavy atom. The fraction of sp³-hybridized carbons (Fsp3) is 0.500. The highest BCUT2D eigenvalue weighted by molar-refractivity contribution is 7.89. The molecule has 100 valence electrons. The van der Waals surface area contributed by atoms with Crippen LogP contribution in [0.25, 0.3) is 0 Å². The third kappa shape index (κ3) is 2.88. The summed E-state index contributed by atoms with van der Waals surface area (Å²) < 4.78 is 40.3. The van der Waals surface area contributed by atoms with E-state index in [0.717, 1.165) is 25.6 Å². The first-order chi connectivity index (χ1) is 8.50. The van der Waals surface area contributed by atoms with Crippen molar-refractivity contribution in [1.82, 2.24) is 10.0 Å². The smallest absolute Gasteiger partial charge is 0.243 e. The molecule has 18 heavy (non-hydrogen) atoms. The van der Waals surface area contributed by atoms with Crippen LogP contribution in [0.5, 0.6) is 0 Å². The van der Waals surface area contributed by atoms with Gasteiger partial charge in [0.2, 0.25) is 10.0 Å². The van der Waals surface area contributed by atoms with Crippen molar-refractivity contribution in [2.24, 2.45) is 5.92 Å². The van der Waals surface area contributed by atoms with Crippen LogP contribution < -0.4 is 10.0 Å². The first-order valence-electron chi connectivity index (χ1n) is 5.98. The first kappa shape index (κ1) is 13.5. The molecule has 1 aromatic rings. The summed E-state index contributed by atoms with van der Waals surface area (Å²) in [7, 11) is -3.78. The van der Waals surface area contributed by atoms with Gasteiger partial charge in [0.25, 0.3) is 0 Å². The summed E-state index contributed by atoms with van der Waals surface area (Å²) in [5.74, 6) is -0.521. The van der Waals surface area contributed by atoms with Gasteiger partial charge in [0.15, 0.2) is 0 Å². The van der Waals surface area contributed by atoms with Crippen molar-refractivity contribution in [2.75, 3.05) is 13.1 Å². The lowest BCUT2D eigenvalue weighted by Gasteiger charge is -2.29.